The molecule has 20 heavy (non-hydrogen) atoms. The van der Waals surface area contributed by atoms with Gasteiger partial charge in [0.15, 0.2) is 0 Å². The zero-order valence-corrected chi connectivity index (χ0v) is 12.7. The van der Waals surface area contributed by atoms with E-state index in [0.717, 1.165) is 12.5 Å². The van der Waals surface area contributed by atoms with E-state index in [1.54, 1.807) is 0 Å². The molecule has 0 bridgehead atoms. The van der Waals surface area contributed by atoms with Gasteiger partial charge in [-0.25, -0.2) is 4.98 Å². The van der Waals surface area contributed by atoms with Gasteiger partial charge in [0, 0.05) is 23.3 Å². The molecular weight excluding hydrogens is 264 g/mol. The van der Waals surface area contributed by atoms with E-state index < -0.39 is 0 Å². The lowest BCUT2D eigenvalue weighted by atomic mass is 10.1. The van der Waals surface area contributed by atoms with Crippen molar-refractivity contribution in [3.8, 4) is 0 Å². The second-order valence-corrected chi connectivity index (χ2v) is 7.15. The van der Waals surface area contributed by atoms with Gasteiger partial charge in [0.05, 0.1) is 10.7 Å². The lowest BCUT2D eigenvalue weighted by molar-refractivity contribution is 0.727. The second kappa shape index (κ2) is 4.97. The average Bonchev–Trinajstić information content (AvgIpc) is 3.07. The third-order valence-corrected chi connectivity index (χ3v) is 5.68. The van der Waals surface area contributed by atoms with Gasteiger partial charge in [-0.2, -0.15) is 0 Å². The van der Waals surface area contributed by atoms with Gasteiger partial charge in [-0.1, -0.05) is 24.3 Å². The molecule has 0 saturated heterocycles. The summed E-state index contributed by atoms with van der Waals surface area (Å²) in [6, 6.07) is 8.87. The maximum absolute atomic E-state index is 5.03. The molecular formula is C17H20N2S. The molecule has 2 aromatic rings. The minimum Gasteiger partial charge on any atom is -0.315 e. The van der Waals surface area contributed by atoms with Gasteiger partial charge in [-0.15, -0.1) is 11.3 Å². The SMILES string of the molecule is CNCc1sc(C2Cc3ccccc3C2)nc1C1CC1. The summed E-state index contributed by atoms with van der Waals surface area (Å²) in [7, 11) is 2.03. The van der Waals surface area contributed by atoms with Crippen LogP contribution in [0.2, 0.25) is 0 Å². The Labute approximate surface area is 124 Å². The van der Waals surface area contributed by atoms with Crippen LogP contribution in [0.4, 0.5) is 0 Å². The fourth-order valence-electron chi connectivity index (χ4n) is 3.25. The lowest BCUT2D eigenvalue weighted by Crippen LogP contribution is -2.05. The van der Waals surface area contributed by atoms with E-state index >= 15 is 0 Å². The van der Waals surface area contributed by atoms with Crippen LogP contribution in [-0.4, -0.2) is 12.0 Å². The summed E-state index contributed by atoms with van der Waals surface area (Å²) in [6.45, 7) is 0.975. The predicted molar refractivity (Wildman–Crippen MR) is 83.4 cm³/mol. The molecule has 1 aromatic carbocycles. The Morgan fingerprint density at radius 1 is 1.15 bits per heavy atom. The quantitative estimate of drug-likeness (QED) is 0.927. The van der Waals surface area contributed by atoms with Gasteiger partial charge in [0.1, 0.15) is 0 Å². The number of nitrogens with zero attached hydrogens (tertiary/aromatic N) is 1. The molecule has 0 spiro atoms. The zero-order chi connectivity index (χ0) is 13.5. The summed E-state index contributed by atoms with van der Waals surface area (Å²) in [4.78, 5) is 6.51. The Morgan fingerprint density at radius 3 is 2.45 bits per heavy atom. The topological polar surface area (TPSA) is 24.9 Å². The van der Waals surface area contributed by atoms with Crippen molar-refractivity contribution in [3.63, 3.8) is 0 Å². The van der Waals surface area contributed by atoms with Crippen LogP contribution in [-0.2, 0) is 19.4 Å². The van der Waals surface area contributed by atoms with Crippen LogP contribution in [0.5, 0.6) is 0 Å². The van der Waals surface area contributed by atoms with E-state index in [1.807, 2.05) is 18.4 Å². The molecule has 0 radical (unpaired) electrons. The van der Waals surface area contributed by atoms with Crippen LogP contribution in [0.1, 0.15) is 51.4 Å². The van der Waals surface area contributed by atoms with Crippen molar-refractivity contribution >= 4 is 11.3 Å². The molecule has 1 saturated carbocycles. The molecule has 1 heterocycles. The van der Waals surface area contributed by atoms with Crippen molar-refractivity contribution in [2.24, 2.45) is 0 Å². The third-order valence-electron chi connectivity index (χ3n) is 4.45. The summed E-state index contributed by atoms with van der Waals surface area (Å²) in [5.74, 6) is 1.37. The fourth-order valence-corrected chi connectivity index (χ4v) is 4.52. The average molecular weight is 284 g/mol. The van der Waals surface area contributed by atoms with Crippen molar-refractivity contribution in [2.75, 3.05) is 7.05 Å². The van der Waals surface area contributed by atoms with Gasteiger partial charge in [0.25, 0.3) is 0 Å². The van der Waals surface area contributed by atoms with E-state index in [0.29, 0.717) is 5.92 Å². The number of hydrogen-bond acceptors (Lipinski definition) is 3. The molecule has 0 aliphatic heterocycles. The Kier molecular flexibility index (Phi) is 3.12. The lowest BCUT2D eigenvalue weighted by Gasteiger charge is -2.03. The van der Waals surface area contributed by atoms with Crippen LogP contribution in [0.15, 0.2) is 24.3 Å². The number of nitrogens with one attached hydrogen (secondary N) is 1. The highest BCUT2D eigenvalue weighted by Gasteiger charge is 2.32. The first kappa shape index (κ1) is 12.5. The minimum absolute atomic E-state index is 0.612. The molecule has 1 N–H and O–H groups in total. The highest BCUT2D eigenvalue weighted by atomic mass is 32.1. The van der Waals surface area contributed by atoms with Gasteiger partial charge in [-0.3, -0.25) is 0 Å². The number of rotatable bonds is 4. The minimum atomic E-state index is 0.612. The summed E-state index contributed by atoms with van der Waals surface area (Å²) >= 11 is 1.95. The van der Waals surface area contributed by atoms with E-state index in [1.165, 1.54) is 52.4 Å². The van der Waals surface area contributed by atoms with Crippen molar-refractivity contribution < 1.29 is 0 Å². The highest BCUT2D eigenvalue weighted by molar-refractivity contribution is 7.11. The Hall–Kier alpha value is -1.19. The van der Waals surface area contributed by atoms with Gasteiger partial charge in [-0.05, 0) is 43.9 Å². The first-order valence-electron chi connectivity index (χ1n) is 7.56. The van der Waals surface area contributed by atoms with E-state index in [9.17, 15) is 0 Å². The van der Waals surface area contributed by atoms with Crippen LogP contribution in [0, 0.1) is 0 Å². The molecule has 0 amide bonds. The smallest absolute Gasteiger partial charge is 0.0969 e. The Balaban J connectivity index is 1.62. The second-order valence-electron chi connectivity index (χ2n) is 6.04. The zero-order valence-electron chi connectivity index (χ0n) is 11.9. The van der Waals surface area contributed by atoms with Gasteiger partial charge in [0.2, 0.25) is 0 Å². The number of thiazole rings is 1. The summed E-state index contributed by atoms with van der Waals surface area (Å²) < 4.78 is 0. The largest absolute Gasteiger partial charge is 0.315 e. The molecule has 2 nitrogen and oxygen atoms in total. The molecule has 4 rings (SSSR count). The number of aromatic nitrogens is 1. The molecule has 1 aromatic heterocycles. The molecule has 2 aliphatic rings. The molecule has 2 aliphatic carbocycles. The van der Waals surface area contributed by atoms with E-state index in [4.69, 9.17) is 4.98 Å². The van der Waals surface area contributed by atoms with Gasteiger partial charge < -0.3 is 5.32 Å². The van der Waals surface area contributed by atoms with Gasteiger partial charge >= 0.3 is 0 Å². The summed E-state index contributed by atoms with van der Waals surface area (Å²) in [5.41, 5.74) is 4.45. The monoisotopic (exact) mass is 284 g/mol. The van der Waals surface area contributed by atoms with Crippen molar-refractivity contribution in [1.29, 1.82) is 0 Å². The van der Waals surface area contributed by atoms with E-state index in [2.05, 4.69) is 29.6 Å². The molecule has 1 fully saturated rings. The van der Waals surface area contributed by atoms with E-state index in [-0.39, 0.29) is 0 Å². The Bertz CT molecular complexity index is 603. The molecule has 0 atom stereocenters. The maximum Gasteiger partial charge on any atom is 0.0969 e. The Morgan fingerprint density at radius 2 is 1.85 bits per heavy atom. The number of hydrogen-bond donors (Lipinski definition) is 1. The van der Waals surface area contributed by atoms with Crippen LogP contribution in [0.3, 0.4) is 0 Å². The fraction of sp³-hybridized carbons (Fsp3) is 0.471. The molecule has 3 heteroatoms. The number of fused-ring (bicyclic) bond motifs is 1. The summed E-state index contributed by atoms with van der Waals surface area (Å²) in [5, 5.41) is 4.67. The first-order valence-corrected chi connectivity index (χ1v) is 8.37. The van der Waals surface area contributed by atoms with Crippen molar-refractivity contribution in [1.82, 2.24) is 10.3 Å². The molecule has 0 unspecified atom stereocenters. The standard InChI is InChI=1S/C17H20N2S/c1-18-10-15-16(11-6-7-11)19-17(20-15)14-8-12-4-2-3-5-13(12)9-14/h2-5,11,14,18H,6-10H2,1H3. The third kappa shape index (κ3) is 2.19. The normalized spacial score (nSPS) is 18.4. The maximum atomic E-state index is 5.03. The van der Waals surface area contributed by atoms with Crippen LogP contribution in [0.25, 0.3) is 0 Å². The van der Waals surface area contributed by atoms with Crippen molar-refractivity contribution in [3.05, 3.63) is 51.0 Å². The summed E-state index contributed by atoms with van der Waals surface area (Å²) in [6.07, 6.45) is 5.02. The predicted octanol–water partition coefficient (Wildman–Crippen LogP) is 3.62. The highest BCUT2D eigenvalue weighted by Crippen LogP contribution is 2.45. The molecule has 104 valence electrons. The first-order chi connectivity index (χ1) is 9.85. The van der Waals surface area contributed by atoms with Crippen LogP contribution < -0.4 is 5.32 Å². The van der Waals surface area contributed by atoms with Crippen molar-refractivity contribution in [2.45, 2.75) is 44.1 Å². The van der Waals surface area contributed by atoms with Crippen LogP contribution >= 0.6 is 11.3 Å². The number of benzene rings is 1.